The summed E-state index contributed by atoms with van der Waals surface area (Å²) in [5.41, 5.74) is 0. The zero-order valence-corrected chi connectivity index (χ0v) is 48.2. The van der Waals surface area contributed by atoms with Gasteiger partial charge in [0.1, 0.15) is 13.2 Å². The number of hydrogen-bond donors (Lipinski definition) is 0. The van der Waals surface area contributed by atoms with Crippen LogP contribution in [0.4, 0.5) is 0 Å². The van der Waals surface area contributed by atoms with Crippen LogP contribution < -0.4 is 0 Å². The molecule has 0 aromatic rings. The molecule has 0 aliphatic carbocycles. The lowest BCUT2D eigenvalue weighted by molar-refractivity contribution is -0.167. The standard InChI is InChI=1S/C64H124O6/c1-6-7-8-9-10-11-12-13-14-15-20-25-31-36-41-46-51-56-64(67)70-61(58-69-63(66)55-50-45-40-35-30-26-21-23-28-33-38-43-48-53-60(4)5)57-68-62(65)54-49-44-39-34-29-24-19-17-16-18-22-27-32-37-42-47-52-59(2)3/h59-61H,6-58H2,1-5H3/t61-/m1/s1. The van der Waals surface area contributed by atoms with Crippen LogP contribution in [-0.4, -0.2) is 37.2 Å². The summed E-state index contributed by atoms with van der Waals surface area (Å²) in [6, 6.07) is 0. The van der Waals surface area contributed by atoms with Crippen LogP contribution >= 0.6 is 0 Å². The molecule has 6 heteroatoms. The second kappa shape index (κ2) is 56.7. The molecule has 0 aromatic heterocycles. The molecule has 0 spiro atoms. The highest BCUT2D eigenvalue weighted by Gasteiger charge is 2.19. The van der Waals surface area contributed by atoms with Crippen molar-refractivity contribution in [1.29, 1.82) is 0 Å². The monoisotopic (exact) mass is 989 g/mol. The van der Waals surface area contributed by atoms with Crippen molar-refractivity contribution in [3.63, 3.8) is 0 Å². The van der Waals surface area contributed by atoms with Crippen molar-refractivity contribution in [2.24, 2.45) is 11.8 Å². The van der Waals surface area contributed by atoms with Gasteiger partial charge in [-0.1, -0.05) is 324 Å². The van der Waals surface area contributed by atoms with E-state index in [1.165, 1.54) is 250 Å². The van der Waals surface area contributed by atoms with Gasteiger partial charge in [-0.2, -0.15) is 0 Å². The molecule has 6 nitrogen and oxygen atoms in total. The molecule has 0 radical (unpaired) electrons. The largest absolute Gasteiger partial charge is 0.462 e. The Hall–Kier alpha value is -1.59. The minimum Gasteiger partial charge on any atom is -0.462 e. The van der Waals surface area contributed by atoms with Gasteiger partial charge in [0.05, 0.1) is 0 Å². The van der Waals surface area contributed by atoms with Crippen molar-refractivity contribution < 1.29 is 28.6 Å². The van der Waals surface area contributed by atoms with Crippen molar-refractivity contribution in [2.45, 2.75) is 368 Å². The molecule has 0 aliphatic heterocycles. The third kappa shape index (κ3) is 57.3. The molecule has 0 saturated heterocycles. The Labute approximate surface area is 438 Å². The SMILES string of the molecule is CCCCCCCCCCCCCCCCCCCC(=O)O[C@H](COC(=O)CCCCCCCCCCCCCCCCCCC(C)C)COC(=O)CCCCCCCCCCCCCCCC(C)C. The lowest BCUT2D eigenvalue weighted by Crippen LogP contribution is -2.30. The van der Waals surface area contributed by atoms with E-state index in [0.29, 0.717) is 19.3 Å². The first kappa shape index (κ1) is 68.4. The number of carbonyl (C=O) groups is 3. The van der Waals surface area contributed by atoms with Crippen LogP contribution in [0.3, 0.4) is 0 Å². The average molecular weight is 990 g/mol. The summed E-state index contributed by atoms with van der Waals surface area (Å²) in [5.74, 6) is 0.861. The Balaban J connectivity index is 4.29. The molecule has 0 amide bonds. The second-order valence-corrected chi connectivity index (χ2v) is 23.0. The maximum absolute atomic E-state index is 12.9. The molecule has 0 aromatic carbocycles. The van der Waals surface area contributed by atoms with Gasteiger partial charge in [-0.05, 0) is 31.1 Å². The van der Waals surface area contributed by atoms with E-state index in [4.69, 9.17) is 14.2 Å². The molecule has 1 atom stereocenters. The van der Waals surface area contributed by atoms with Gasteiger partial charge >= 0.3 is 17.9 Å². The lowest BCUT2D eigenvalue weighted by Gasteiger charge is -2.18. The average Bonchev–Trinajstić information content (AvgIpc) is 3.33. The fourth-order valence-corrected chi connectivity index (χ4v) is 9.93. The van der Waals surface area contributed by atoms with Gasteiger partial charge in [0.25, 0.3) is 0 Å². The van der Waals surface area contributed by atoms with Crippen LogP contribution in [0.5, 0.6) is 0 Å². The normalized spacial score (nSPS) is 12.0. The maximum Gasteiger partial charge on any atom is 0.306 e. The number of unbranched alkanes of at least 4 members (excludes halogenated alkanes) is 43. The molecule has 0 bridgehead atoms. The topological polar surface area (TPSA) is 78.9 Å². The molecular weight excluding hydrogens is 865 g/mol. The van der Waals surface area contributed by atoms with E-state index in [-0.39, 0.29) is 31.1 Å². The summed E-state index contributed by atoms with van der Waals surface area (Å²) < 4.78 is 17.0. The zero-order chi connectivity index (χ0) is 51.1. The highest BCUT2D eigenvalue weighted by atomic mass is 16.6. The molecule has 0 N–H and O–H groups in total. The van der Waals surface area contributed by atoms with Crippen LogP contribution in [0, 0.1) is 11.8 Å². The molecule has 0 saturated carbocycles. The minimum atomic E-state index is -0.763. The van der Waals surface area contributed by atoms with E-state index in [2.05, 4.69) is 34.6 Å². The number of ether oxygens (including phenoxy) is 3. The summed E-state index contributed by atoms with van der Waals surface area (Å²) in [4.78, 5) is 38.3. The molecule has 0 heterocycles. The predicted octanol–water partition coefficient (Wildman–Crippen LogP) is 21.2. The summed E-state index contributed by atoms with van der Waals surface area (Å²) in [6.07, 6.45) is 62.4. The number of hydrogen-bond acceptors (Lipinski definition) is 6. The first-order chi connectivity index (χ1) is 34.2. The predicted molar refractivity (Wildman–Crippen MR) is 303 cm³/mol. The smallest absolute Gasteiger partial charge is 0.306 e. The van der Waals surface area contributed by atoms with Gasteiger partial charge in [-0.15, -0.1) is 0 Å². The van der Waals surface area contributed by atoms with E-state index < -0.39 is 6.10 Å². The second-order valence-electron chi connectivity index (χ2n) is 23.0. The molecule has 416 valence electrons. The molecular formula is C64H124O6. The summed E-state index contributed by atoms with van der Waals surface area (Å²) in [7, 11) is 0. The Morgan fingerprint density at radius 2 is 0.471 bits per heavy atom. The minimum absolute atomic E-state index is 0.0619. The fourth-order valence-electron chi connectivity index (χ4n) is 9.93. The van der Waals surface area contributed by atoms with Crippen LogP contribution in [-0.2, 0) is 28.6 Å². The molecule has 0 unspecified atom stereocenters. The summed E-state index contributed by atoms with van der Waals surface area (Å²) >= 11 is 0. The van der Waals surface area contributed by atoms with Crippen molar-refractivity contribution >= 4 is 17.9 Å². The third-order valence-electron chi connectivity index (χ3n) is 14.7. The van der Waals surface area contributed by atoms with Crippen LogP contribution in [0.15, 0.2) is 0 Å². The van der Waals surface area contributed by atoms with E-state index in [9.17, 15) is 14.4 Å². The van der Waals surface area contributed by atoms with Gasteiger partial charge in [0, 0.05) is 19.3 Å². The maximum atomic E-state index is 12.9. The van der Waals surface area contributed by atoms with Crippen molar-refractivity contribution in [2.75, 3.05) is 13.2 Å². The van der Waals surface area contributed by atoms with Crippen LogP contribution in [0.1, 0.15) is 362 Å². The molecule has 0 aliphatic rings. The van der Waals surface area contributed by atoms with E-state index in [1.54, 1.807) is 0 Å². The molecule has 0 fully saturated rings. The number of rotatable bonds is 58. The van der Waals surface area contributed by atoms with E-state index in [1.807, 2.05) is 0 Å². The van der Waals surface area contributed by atoms with Gasteiger partial charge in [-0.25, -0.2) is 0 Å². The number of carbonyl (C=O) groups excluding carboxylic acids is 3. The highest BCUT2D eigenvalue weighted by molar-refractivity contribution is 5.71. The van der Waals surface area contributed by atoms with E-state index >= 15 is 0 Å². The van der Waals surface area contributed by atoms with Crippen molar-refractivity contribution in [3.05, 3.63) is 0 Å². The Morgan fingerprint density at radius 3 is 0.700 bits per heavy atom. The number of esters is 3. The van der Waals surface area contributed by atoms with E-state index in [0.717, 1.165) is 69.6 Å². The zero-order valence-electron chi connectivity index (χ0n) is 48.2. The lowest BCUT2D eigenvalue weighted by atomic mass is 10.0. The van der Waals surface area contributed by atoms with Crippen LogP contribution in [0.25, 0.3) is 0 Å². The van der Waals surface area contributed by atoms with Crippen molar-refractivity contribution in [3.8, 4) is 0 Å². The Kier molecular flexibility index (Phi) is 55.4. The first-order valence-corrected chi connectivity index (χ1v) is 31.7. The highest BCUT2D eigenvalue weighted by Crippen LogP contribution is 2.19. The van der Waals surface area contributed by atoms with Gasteiger partial charge < -0.3 is 14.2 Å². The van der Waals surface area contributed by atoms with Crippen molar-refractivity contribution in [1.82, 2.24) is 0 Å². The quantitative estimate of drug-likeness (QED) is 0.0343. The molecule has 0 rings (SSSR count). The Bertz CT molecular complexity index is 1070. The van der Waals surface area contributed by atoms with Gasteiger partial charge in [-0.3, -0.25) is 14.4 Å². The van der Waals surface area contributed by atoms with Gasteiger partial charge in [0.2, 0.25) is 0 Å². The third-order valence-corrected chi connectivity index (χ3v) is 14.7. The first-order valence-electron chi connectivity index (χ1n) is 31.7. The Morgan fingerprint density at radius 1 is 0.271 bits per heavy atom. The van der Waals surface area contributed by atoms with Gasteiger partial charge in [0.15, 0.2) is 6.10 Å². The molecule has 70 heavy (non-hydrogen) atoms. The fraction of sp³-hybridized carbons (Fsp3) is 0.953. The summed E-state index contributed by atoms with van der Waals surface area (Å²) in [5, 5.41) is 0. The van der Waals surface area contributed by atoms with Crippen LogP contribution in [0.2, 0.25) is 0 Å². The summed E-state index contributed by atoms with van der Waals surface area (Å²) in [6.45, 7) is 11.5.